The van der Waals surface area contributed by atoms with E-state index >= 15 is 0 Å². The Bertz CT molecular complexity index is 1660. The van der Waals surface area contributed by atoms with Crippen molar-refractivity contribution in [3.8, 4) is 5.69 Å². The van der Waals surface area contributed by atoms with Crippen LogP contribution in [0.4, 0.5) is 5.69 Å². The lowest BCUT2D eigenvalue weighted by molar-refractivity contribution is -0.119. The molecule has 4 aromatic rings. The second kappa shape index (κ2) is 11.8. The van der Waals surface area contributed by atoms with Gasteiger partial charge < -0.3 is 4.57 Å². The van der Waals surface area contributed by atoms with Gasteiger partial charge in [0.05, 0.1) is 16.8 Å². The molecule has 202 valence electrons. The molecule has 1 heterocycles. The first-order valence-corrected chi connectivity index (χ1v) is 14.7. The third-order valence-electron chi connectivity index (χ3n) is 6.27. The monoisotopic (exact) mass is 626 g/mol. The minimum Gasteiger partial charge on any atom is -0.318 e. The zero-order chi connectivity index (χ0) is 28.3. The Balaban J connectivity index is 1.57. The lowest BCUT2D eigenvalue weighted by atomic mass is 10.2. The number of nitrogens with zero attached hydrogens (tertiary/aromatic N) is 3. The van der Waals surface area contributed by atoms with E-state index in [0.29, 0.717) is 5.02 Å². The number of benzene rings is 3. The molecule has 10 heteroatoms. The highest BCUT2D eigenvalue weighted by atomic mass is 79.9. The highest BCUT2D eigenvalue weighted by Gasteiger charge is 2.27. The first-order chi connectivity index (χ1) is 18.5. The van der Waals surface area contributed by atoms with Gasteiger partial charge in [0.1, 0.15) is 6.54 Å². The number of hydrogen-bond acceptors (Lipinski definition) is 4. The average molecular weight is 628 g/mol. The highest BCUT2D eigenvalue weighted by Crippen LogP contribution is 2.28. The van der Waals surface area contributed by atoms with Crippen LogP contribution < -0.4 is 9.73 Å². The van der Waals surface area contributed by atoms with Crippen LogP contribution in [0.2, 0.25) is 5.02 Å². The van der Waals surface area contributed by atoms with Crippen LogP contribution in [0.3, 0.4) is 0 Å². The van der Waals surface area contributed by atoms with Gasteiger partial charge in [0.2, 0.25) is 0 Å². The smallest absolute Gasteiger partial charge is 0.264 e. The third-order valence-corrected chi connectivity index (χ3v) is 8.96. The van der Waals surface area contributed by atoms with Crippen LogP contribution in [-0.4, -0.2) is 31.7 Å². The maximum atomic E-state index is 13.6. The molecule has 0 atom stereocenters. The third kappa shape index (κ3) is 6.43. The summed E-state index contributed by atoms with van der Waals surface area (Å²) < 4.78 is 31.2. The van der Waals surface area contributed by atoms with Crippen LogP contribution in [-0.2, 0) is 14.8 Å². The SMILES string of the molecule is Cc1ccc(S(=O)(=O)N(CC(=O)N/N=C\c2cc(C)n(-c3cccc(Br)c3)c2C)c2ccc(C)c(Cl)c2)cc1. The van der Waals surface area contributed by atoms with Gasteiger partial charge in [-0.15, -0.1) is 0 Å². The molecule has 7 nitrogen and oxygen atoms in total. The van der Waals surface area contributed by atoms with Gasteiger partial charge in [-0.2, -0.15) is 5.10 Å². The van der Waals surface area contributed by atoms with Crippen molar-refractivity contribution in [2.45, 2.75) is 32.6 Å². The molecule has 0 saturated heterocycles. The Labute approximate surface area is 242 Å². The van der Waals surface area contributed by atoms with Gasteiger partial charge in [-0.25, -0.2) is 13.8 Å². The fraction of sp³-hybridized carbons (Fsp3) is 0.172. The lowest BCUT2D eigenvalue weighted by Crippen LogP contribution is -2.39. The molecule has 0 aliphatic rings. The van der Waals surface area contributed by atoms with Gasteiger partial charge in [-0.1, -0.05) is 57.4 Å². The van der Waals surface area contributed by atoms with Crippen molar-refractivity contribution in [2.24, 2.45) is 5.10 Å². The molecule has 0 aliphatic carbocycles. The van der Waals surface area contributed by atoms with Crippen LogP contribution in [0, 0.1) is 27.7 Å². The van der Waals surface area contributed by atoms with Gasteiger partial charge in [0.15, 0.2) is 0 Å². The van der Waals surface area contributed by atoms with Crippen molar-refractivity contribution in [1.29, 1.82) is 0 Å². The molecule has 1 amide bonds. The summed E-state index contributed by atoms with van der Waals surface area (Å²) >= 11 is 9.80. The van der Waals surface area contributed by atoms with Gasteiger partial charge in [-0.3, -0.25) is 9.10 Å². The minimum atomic E-state index is -4.06. The van der Waals surface area contributed by atoms with Crippen molar-refractivity contribution in [3.05, 3.63) is 110 Å². The number of hydrazone groups is 1. The first kappa shape index (κ1) is 28.6. The summed E-state index contributed by atoms with van der Waals surface area (Å²) in [5.41, 5.74) is 8.23. The summed E-state index contributed by atoms with van der Waals surface area (Å²) in [6.45, 7) is 7.16. The lowest BCUT2D eigenvalue weighted by Gasteiger charge is -2.24. The normalized spacial score (nSPS) is 11.6. The molecule has 0 radical (unpaired) electrons. The second-order valence-electron chi connectivity index (χ2n) is 9.19. The van der Waals surface area contributed by atoms with E-state index in [4.69, 9.17) is 11.6 Å². The van der Waals surface area contributed by atoms with Crippen LogP contribution in [0.5, 0.6) is 0 Å². The number of hydrogen-bond donors (Lipinski definition) is 1. The molecular weight excluding hydrogens is 600 g/mol. The number of halogens is 2. The molecule has 1 N–H and O–H groups in total. The molecule has 39 heavy (non-hydrogen) atoms. The van der Waals surface area contributed by atoms with E-state index in [2.05, 4.69) is 31.0 Å². The van der Waals surface area contributed by atoms with E-state index in [1.165, 1.54) is 18.2 Å². The number of aromatic nitrogens is 1. The number of aryl methyl sites for hydroxylation is 3. The second-order valence-corrected chi connectivity index (χ2v) is 12.4. The standard InChI is InChI=1S/C29H28BrClN4O3S/c1-19-8-12-27(13-9-19)39(37,38)34(25-11-10-20(2)28(31)16-25)18-29(36)33-32-17-23-14-21(3)35(22(23)4)26-7-5-6-24(30)15-26/h5-17H,18H2,1-4H3,(H,33,36)/b32-17-. The van der Waals surface area contributed by atoms with E-state index in [0.717, 1.165) is 42.5 Å². The van der Waals surface area contributed by atoms with Crippen molar-refractivity contribution >= 4 is 55.4 Å². The van der Waals surface area contributed by atoms with Crippen LogP contribution in [0.15, 0.2) is 87.3 Å². The summed E-state index contributed by atoms with van der Waals surface area (Å²) in [5, 5.41) is 4.52. The Kier molecular flexibility index (Phi) is 8.64. The van der Waals surface area contributed by atoms with Gasteiger partial charge in [0, 0.05) is 32.1 Å². The Morgan fingerprint density at radius 1 is 1.03 bits per heavy atom. The van der Waals surface area contributed by atoms with E-state index in [1.54, 1.807) is 30.5 Å². The number of nitrogens with one attached hydrogen (secondary N) is 1. The minimum absolute atomic E-state index is 0.0705. The fourth-order valence-corrected chi connectivity index (χ4v) is 6.13. The van der Waals surface area contributed by atoms with E-state index in [-0.39, 0.29) is 10.6 Å². The average Bonchev–Trinajstić information content (AvgIpc) is 3.17. The van der Waals surface area contributed by atoms with Crippen molar-refractivity contribution in [3.63, 3.8) is 0 Å². The van der Waals surface area contributed by atoms with Crippen LogP contribution >= 0.6 is 27.5 Å². The Hall–Kier alpha value is -3.40. The predicted molar refractivity (Wildman–Crippen MR) is 161 cm³/mol. The van der Waals surface area contributed by atoms with Crippen LogP contribution in [0.25, 0.3) is 5.69 Å². The summed E-state index contributed by atoms with van der Waals surface area (Å²) in [6, 6.07) is 21.2. The maximum Gasteiger partial charge on any atom is 0.264 e. The molecule has 0 fully saturated rings. The highest BCUT2D eigenvalue weighted by molar-refractivity contribution is 9.10. The van der Waals surface area contributed by atoms with Crippen molar-refractivity contribution < 1.29 is 13.2 Å². The number of carbonyl (C=O) groups excluding carboxylic acids is 1. The van der Waals surface area contributed by atoms with Gasteiger partial charge in [0.25, 0.3) is 15.9 Å². The summed E-state index contributed by atoms with van der Waals surface area (Å²) in [5.74, 6) is -0.598. The Morgan fingerprint density at radius 3 is 2.41 bits per heavy atom. The van der Waals surface area contributed by atoms with Crippen molar-refractivity contribution in [2.75, 3.05) is 10.8 Å². The molecule has 3 aromatic carbocycles. The van der Waals surface area contributed by atoms with Gasteiger partial charge in [-0.05, 0) is 81.8 Å². The Morgan fingerprint density at radius 2 is 1.74 bits per heavy atom. The number of rotatable bonds is 8. The van der Waals surface area contributed by atoms with E-state index in [1.807, 2.05) is 58.0 Å². The molecule has 1 aromatic heterocycles. The van der Waals surface area contributed by atoms with Crippen molar-refractivity contribution in [1.82, 2.24) is 9.99 Å². The van der Waals surface area contributed by atoms with Crippen LogP contribution in [0.1, 0.15) is 28.1 Å². The zero-order valence-electron chi connectivity index (χ0n) is 21.9. The quantitative estimate of drug-likeness (QED) is 0.180. The summed E-state index contributed by atoms with van der Waals surface area (Å²) in [7, 11) is -4.06. The fourth-order valence-electron chi connectivity index (χ4n) is 4.16. The molecule has 0 saturated carbocycles. The number of sulfonamides is 1. The van der Waals surface area contributed by atoms with Gasteiger partial charge >= 0.3 is 0 Å². The number of anilines is 1. The summed E-state index contributed by atoms with van der Waals surface area (Å²) in [6.07, 6.45) is 1.55. The largest absolute Gasteiger partial charge is 0.318 e. The number of amides is 1. The molecule has 4 rings (SSSR count). The maximum absolute atomic E-state index is 13.6. The zero-order valence-corrected chi connectivity index (χ0v) is 25.1. The first-order valence-electron chi connectivity index (χ1n) is 12.1. The molecule has 0 spiro atoms. The molecule has 0 bridgehead atoms. The van der Waals surface area contributed by atoms with E-state index < -0.39 is 22.5 Å². The summed E-state index contributed by atoms with van der Waals surface area (Å²) in [4.78, 5) is 13.0. The molecule has 0 aliphatic heterocycles. The van der Waals surface area contributed by atoms with E-state index in [9.17, 15) is 13.2 Å². The predicted octanol–water partition coefficient (Wildman–Crippen LogP) is 6.47. The topological polar surface area (TPSA) is 83.8 Å². The molecule has 0 unspecified atom stereocenters. The number of carbonyl (C=O) groups is 1. The molecular formula is C29H28BrClN4O3S.